The third kappa shape index (κ3) is 2.95. The summed E-state index contributed by atoms with van der Waals surface area (Å²) >= 11 is 3.30. The predicted molar refractivity (Wildman–Crippen MR) is 55.7 cm³/mol. The molecule has 1 rings (SSSR count). The molecule has 4 heteroatoms. The number of rotatable bonds is 3. The van der Waals surface area contributed by atoms with Gasteiger partial charge in [0.1, 0.15) is 4.60 Å². The standard InChI is InChI=1S/C9H13BrN2O/c1-7(2)3-4-12-8(10)5-11-6-9(12)13/h5-7H,3-4H2,1-2H3. The largest absolute Gasteiger partial charge is 0.300 e. The first-order chi connectivity index (χ1) is 6.11. The minimum Gasteiger partial charge on any atom is -0.300 e. The van der Waals surface area contributed by atoms with Crippen LogP contribution in [0.25, 0.3) is 0 Å². The molecule has 0 spiro atoms. The lowest BCUT2D eigenvalue weighted by Gasteiger charge is -2.08. The molecule has 0 radical (unpaired) electrons. The van der Waals surface area contributed by atoms with Gasteiger partial charge in [-0.1, -0.05) is 13.8 Å². The normalized spacial score (nSPS) is 10.8. The SMILES string of the molecule is CC(C)CCn1c(Br)cncc1=O. The second kappa shape index (κ2) is 4.56. The van der Waals surface area contributed by atoms with Crippen molar-refractivity contribution in [3.8, 4) is 0 Å². The Bertz CT molecular complexity index is 333. The molecule has 0 fully saturated rings. The molecule has 0 atom stereocenters. The summed E-state index contributed by atoms with van der Waals surface area (Å²) in [6.45, 7) is 5.03. The van der Waals surface area contributed by atoms with Crippen molar-refractivity contribution in [2.45, 2.75) is 26.8 Å². The molecule has 0 aliphatic rings. The van der Waals surface area contributed by atoms with E-state index in [-0.39, 0.29) is 5.56 Å². The van der Waals surface area contributed by atoms with Crippen LogP contribution in [0.2, 0.25) is 0 Å². The van der Waals surface area contributed by atoms with E-state index in [9.17, 15) is 4.79 Å². The monoisotopic (exact) mass is 244 g/mol. The first-order valence-electron chi connectivity index (χ1n) is 4.31. The molecule has 3 nitrogen and oxygen atoms in total. The molecule has 0 aliphatic carbocycles. The summed E-state index contributed by atoms with van der Waals surface area (Å²) in [6, 6.07) is 0. The Balaban J connectivity index is 2.81. The summed E-state index contributed by atoms with van der Waals surface area (Å²) in [5, 5.41) is 0. The first-order valence-corrected chi connectivity index (χ1v) is 5.11. The van der Waals surface area contributed by atoms with Crippen LogP contribution in [0.15, 0.2) is 21.8 Å². The zero-order valence-electron chi connectivity index (χ0n) is 7.83. The van der Waals surface area contributed by atoms with Gasteiger partial charge < -0.3 is 4.57 Å². The maximum atomic E-state index is 11.3. The van der Waals surface area contributed by atoms with Crippen molar-refractivity contribution < 1.29 is 0 Å². The van der Waals surface area contributed by atoms with Gasteiger partial charge in [0.15, 0.2) is 0 Å². The van der Waals surface area contributed by atoms with Gasteiger partial charge in [0.25, 0.3) is 5.56 Å². The Kier molecular flexibility index (Phi) is 3.66. The van der Waals surface area contributed by atoms with Crippen molar-refractivity contribution in [3.63, 3.8) is 0 Å². The zero-order valence-corrected chi connectivity index (χ0v) is 9.41. The van der Waals surface area contributed by atoms with Gasteiger partial charge in [0.2, 0.25) is 0 Å². The van der Waals surface area contributed by atoms with E-state index in [0.717, 1.165) is 17.6 Å². The van der Waals surface area contributed by atoms with Crippen molar-refractivity contribution in [1.82, 2.24) is 9.55 Å². The Labute approximate surface area is 85.9 Å². The van der Waals surface area contributed by atoms with E-state index < -0.39 is 0 Å². The third-order valence-corrected chi connectivity index (χ3v) is 2.45. The van der Waals surface area contributed by atoms with Gasteiger partial charge in [-0.25, -0.2) is 0 Å². The number of hydrogen-bond acceptors (Lipinski definition) is 2. The molecule has 0 aliphatic heterocycles. The van der Waals surface area contributed by atoms with Gasteiger partial charge in [0, 0.05) is 6.54 Å². The van der Waals surface area contributed by atoms with Gasteiger partial charge >= 0.3 is 0 Å². The molecule has 0 saturated heterocycles. The van der Waals surface area contributed by atoms with Gasteiger partial charge in [-0.2, -0.15) is 0 Å². The molecule has 0 saturated carbocycles. The fourth-order valence-electron chi connectivity index (χ4n) is 1.01. The van der Waals surface area contributed by atoms with Crippen molar-refractivity contribution in [3.05, 3.63) is 27.4 Å². The van der Waals surface area contributed by atoms with Crippen molar-refractivity contribution in [2.75, 3.05) is 0 Å². The Morgan fingerprint density at radius 3 is 2.77 bits per heavy atom. The van der Waals surface area contributed by atoms with Crippen LogP contribution >= 0.6 is 15.9 Å². The van der Waals surface area contributed by atoms with Crippen LogP contribution in [0.1, 0.15) is 20.3 Å². The van der Waals surface area contributed by atoms with Crippen LogP contribution < -0.4 is 5.56 Å². The molecule has 1 aromatic rings. The summed E-state index contributed by atoms with van der Waals surface area (Å²) in [5.41, 5.74) is -0.0463. The number of nitrogens with zero attached hydrogens (tertiary/aromatic N) is 2. The van der Waals surface area contributed by atoms with Crippen molar-refractivity contribution in [1.29, 1.82) is 0 Å². The van der Waals surface area contributed by atoms with Crippen LogP contribution in [0, 0.1) is 5.92 Å². The van der Waals surface area contributed by atoms with Crippen LogP contribution in [0.4, 0.5) is 0 Å². The lowest BCUT2D eigenvalue weighted by Crippen LogP contribution is -2.21. The number of hydrogen-bond donors (Lipinski definition) is 0. The maximum Gasteiger partial charge on any atom is 0.269 e. The van der Waals surface area contributed by atoms with Crippen LogP contribution in [-0.2, 0) is 6.54 Å². The van der Waals surface area contributed by atoms with Gasteiger partial charge in [0.05, 0.1) is 12.4 Å². The van der Waals surface area contributed by atoms with Gasteiger partial charge in [-0.3, -0.25) is 9.78 Å². The topological polar surface area (TPSA) is 34.9 Å². The summed E-state index contributed by atoms with van der Waals surface area (Å²) in [5.74, 6) is 0.604. The smallest absolute Gasteiger partial charge is 0.269 e. The highest BCUT2D eigenvalue weighted by Gasteiger charge is 2.01. The molecule has 1 heterocycles. The van der Waals surface area contributed by atoms with Gasteiger partial charge in [-0.05, 0) is 28.3 Å². The van der Waals surface area contributed by atoms with E-state index in [1.165, 1.54) is 6.20 Å². The fraction of sp³-hybridized carbons (Fsp3) is 0.556. The van der Waals surface area contributed by atoms with E-state index in [0.29, 0.717) is 5.92 Å². The first kappa shape index (κ1) is 10.4. The minimum absolute atomic E-state index is 0.0463. The van der Waals surface area contributed by atoms with E-state index in [4.69, 9.17) is 0 Å². The van der Waals surface area contributed by atoms with Crippen molar-refractivity contribution in [2.24, 2.45) is 5.92 Å². The molecule has 0 amide bonds. The molecule has 1 aromatic heterocycles. The van der Waals surface area contributed by atoms with E-state index >= 15 is 0 Å². The van der Waals surface area contributed by atoms with E-state index in [1.54, 1.807) is 10.8 Å². The second-order valence-electron chi connectivity index (χ2n) is 3.40. The average Bonchev–Trinajstić information content (AvgIpc) is 2.03. The van der Waals surface area contributed by atoms with E-state index in [1.807, 2.05) is 0 Å². The Morgan fingerprint density at radius 1 is 1.54 bits per heavy atom. The van der Waals surface area contributed by atoms with Crippen LogP contribution in [0.3, 0.4) is 0 Å². The second-order valence-corrected chi connectivity index (χ2v) is 4.21. The highest BCUT2D eigenvalue weighted by atomic mass is 79.9. The molecule has 13 heavy (non-hydrogen) atoms. The quantitative estimate of drug-likeness (QED) is 0.816. The van der Waals surface area contributed by atoms with Crippen molar-refractivity contribution >= 4 is 15.9 Å². The fourth-order valence-corrected chi connectivity index (χ4v) is 1.48. The predicted octanol–water partition coefficient (Wildman–Crippen LogP) is 2.05. The summed E-state index contributed by atoms with van der Waals surface area (Å²) in [4.78, 5) is 15.1. The highest BCUT2D eigenvalue weighted by molar-refractivity contribution is 9.10. The number of halogens is 1. The van der Waals surface area contributed by atoms with Gasteiger partial charge in [-0.15, -0.1) is 0 Å². The summed E-state index contributed by atoms with van der Waals surface area (Å²) in [6.07, 6.45) is 3.98. The molecule has 0 N–H and O–H groups in total. The molecular weight excluding hydrogens is 232 g/mol. The van der Waals surface area contributed by atoms with Crippen LogP contribution in [0.5, 0.6) is 0 Å². The lowest BCUT2D eigenvalue weighted by molar-refractivity contribution is 0.501. The molecule has 0 aromatic carbocycles. The maximum absolute atomic E-state index is 11.3. The molecule has 72 valence electrons. The molecule has 0 unspecified atom stereocenters. The highest BCUT2D eigenvalue weighted by Crippen LogP contribution is 2.07. The summed E-state index contributed by atoms with van der Waals surface area (Å²) in [7, 11) is 0. The average molecular weight is 245 g/mol. The third-order valence-electron chi connectivity index (χ3n) is 1.82. The summed E-state index contributed by atoms with van der Waals surface area (Å²) < 4.78 is 2.44. The van der Waals surface area contributed by atoms with Crippen LogP contribution in [-0.4, -0.2) is 9.55 Å². The number of aromatic nitrogens is 2. The Morgan fingerprint density at radius 2 is 2.23 bits per heavy atom. The lowest BCUT2D eigenvalue weighted by atomic mass is 10.1. The minimum atomic E-state index is -0.0463. The zero-order chi connectivity index (χ0) is 9.84. The Hall–Kier alpha value is -0.640. The van der Waals surface area contributed by atoms with E-state index in [2.05, 4.69) is 34.8 Å². The molecular formula is C9H13BrN2O. The molecule has 0 bridgehead atoms.